The second-order valence-electron chi connectivity index (χ2n) is 4.98. The smallest absolute Gasteiger partial charge is 0.0734 e. The van der Waals surface area contributed by atoms with Gasteiger partial charge in [0, 0.05) is 24.6 Å². The Labute approximate surface area is 80.0 Å². The van der Waals surface area contributed by atoms with Crippen molar-refractivity contribution in [1.29, 1.82) is 0 Å². The second-order valence-corrected chi connectivity index (χ2v) is 4.98. The van der Waals surface area contributed by atoms with Gasteiger partial charge in [-0.25, -0.2) is 0 Å². The monoisotopic (exact) mass is 181 g/mol. The molecule has 1 aliphatic carbocycles. The van der Waals surface area contributed by atoms with E-state index >= 15 is 0 Å². The first kappa shape index (κ1) is 8.25. The van der Waals surface area contributed by atoms with Crippen LogP contribution in [0, 0.1) is 5.41 Å². The van der Waals surface area contributed by atoms with Crippen molar-refractivity contribution in [2.24, 2.45) is 5.41 Å². The fraction of sp³-hybridized carbons (Fsp3) is 1.00. The summed E-state index contributed by atoms with van der Waals surface area (Å²) in [5.74, 6) is 0. The molecule has 2 atom stereocenters. The van der Waals surface area contributed by atoms with E-state index in [2.05, 4.69) is 5.32 Å². The maximum Gasteiger partial charge on any atom is 0.0734 e. The molecule has 2 aliphatic heterocycles. The largest absolute Gasteiger partial charge is 0.377 e. The Morgan fingerprint density at radius 1 is 1.15 bits per heavy atom. The van der Waals surface area contributed by atoms with Gasteiger partial charge < -0.3 is 10.1 Å². The zero-order chi connectivity index (χ0) is 8.73. The molecule has 13 heavy (non-hydrogen) atoms. The molecule has 2 nitrogen and oxygen atoms in total. The van der Waals surface area contributed by atoms with Crippen LogP contribution < -0.4 is 5.32 Å². The van der Waals surface area contributed by atoms with Crippen LogP contribution in [0.2, 0.25) is 0 Å². The van der Waals surface area contributed by atoms with E-state index in [0.717, 1.165) is 6.61 Å². The molecule has 1 saturated carbocycles. The number of rotatable bonds is 1. The average molecular weight is 181 g/mol. The van der Waals surface area contributed by atoms with Crippen LogP contribution in [-0.2, 0) is 4.74 Å². The topological polar surface area (TPSA) is 21.3 Å². The summed E-state index contributed by atoms with van der Waals surface area (Å²) < 4.78 is 5.78. The van der Waals surface area contributed by atoms with Gasteiger partial charge in [-0.1, -0.05) is 12.8 Å². The van der Waals surface area contributed by atoms with Crippen LogP contribution in [0.3, 0.4) is 0 Å². The predicted molar refractivity (Wildman–Crippen MR) is 51.7 cm³/mol. The van der Waals surface area contributed by atoms with Crippen molar-refractivity contribution in [3.63, 3.8) is 0 Å². The molecule has 0 radical (unpaired) electrons. The number of ether oxygens (including phenoxy) is 1. The van der Waals surface area contributed by atoms with E-state index in [1.165, 1.54) is 45.1 Å². The van der Waals surface area contributed by atoms with Gasteiger partial charge in [0.2, 0.25) is 0 Å². The first-order chi connectivity index (χ1) is 6.41. The first-order valence-electron chi connectivity index (χ1n) is 5.76. The third kappa shape index (κ3) is 1.15. The number of hydrogen-bond donors (Lipinski definition) is 1. The van der Waals surface area contributed by atoms with Crippen LogP contribution in [0.5, 0.6) is 0 Å². The Hall–Kier alpha value is -0.0800. The minimum Gasteiger partial charge on any atom is -0.377 e. The van der Waals surface area contributed by atoms with Gasteiger partial charge in [-0.2, -0.15) is 0 Å². The van der Waals surface area contributed by atoms with Gasteiger partial charge in [-0.15, -0.1) is 0 Å². The fourth-order valence-corrected chi connectivity index (χ4v) is 3.47. The molecule has 0 aromatic rings. The summed E-state index contributed by atoms with van der Waals surface area (Å²) in [4.78, 5) is 0. The lowest BCUT2D eigenvalue weighted by Gasteiger charge is -2.50. The maximum absolute atomic E-state index is 5.78. The highest BCUT2D eigenvalue weighted by Crippen LogP contribution is 2.48. The lowest BCUT2D eigenvalue weighted by molar-refractivity contribution is -0.0274. The number of hydrogen-bond acceptors (Lipinski definition) is 2. The highest BCUT2D eigenvalue weighted by atomic mass is 16.5. The van der Waals surface area contributed by atoms with Crippen molar-refractivity contribution in [1.82, 2.24) is 5.32 Å². The van der Waals surface area contributed by atoms with E-state index in [1.54, 1.807) is 0 Å². The second kappa shape index (κ2) is 2.96. The van der Waals surface area contributed by atoms with Gasteiger partial charge in [0.05, 0.1) is 6.10 Å². The van der Waals surface area contributed by atoms with Crippen molar-refractivity contribution in [2.45, 2.75) is 50.7 Å². The van der Waals surface area contributed by atoms with Crippen molar-refractivity contribution in [3.8, 4) is 0 Å². The Kier molecular flexibility index (Phi) is 1.88. The van der Waals surface area contributed by atoms with Crippen molar-refractivity contribution >= 4 is 0 Å². The predicted octanol–water partition coefficient (Wildman–Crippen LogP) is 1.70. The first-order valence-corrected chi connectivity index (χ1v) is 5.76. The average Bonchev–Trinajstić information content (AvgIpc) is 2.72. The van der Waals surface area contributed by atoms with Crippen LogP contribution in [0.15, 0.2) is 0 Å². The Bertz CT molecular complexity index is 192. The Morgan fingerprint density at radius 3 is 2.54 bits per heavy atom. The summed E-state index contributed by atoms with van der Waals surface area (Å²) in [6.45, 7) is 2.26. The zero-order valence-electron chi connectivity index (χ0n) is 8.22. The van der Waals surface area contributed by atoms with Crippen molar-refractivity contribution in [3.05, 3.63) is 0 Å². The molecular weight excluding hydrogens is 162 g/mol. The maximum atomic E-state index is 5.78. The highest BCUT2D eigenvalue weighted by molar-refractivity contribution is 5.07. The molecule has 3 rings (SSSR count). The van der Waals surface area contributed by atoms with Crippen LogP contribution >= 0.6 is 0 Å². The molecule has 1 N–H and O–H groups in total. The van der Waals surface area contributed by atoms with E-state index < -0.39 is 0 Å². The molecule has 2 heterocycles. The fourth-order valence-electron chi connectivity index (χ4n) is 3.47. The van der Waals surface area contributed by atoms with Gasteiger partial charge in [0.15, 0.2) is 0 Å². The van der Waals surface area contributed by atoms with E-state index in [4.69, 9.17) is 4.74 Å². The number of nitrogens with one attached hydrogen (secondary N) is 1. The molecule has 2 heteroatoms. The molecule has 0 aromatic heterocycles. The van der Waals surface area contributed by atoms with Crippen LogP contribution in [0.25, 0.3) is 0 Å². The molecule has 0 aromatic carbocycles. The van der Waals surface area contributed by atoms with Gasteiger partial charge in [-0.3, -0.25) is 0 Å². The molecule has 3 fully saturated rings. The Balaban J connectivity index is 1.70. The molecule has 3 aliphatic rings. The van der Waals surface area contributed by atoms with E-state index in [0.29, 0.717) is 17.6 Å². The molecule has 2 unspecified atom stereocenters. The summed E-state index contributed by atoms with van der Waals surface area (Å²) in [5.41, 5.74) is 0.662. The summed E-state index contributed by atoms with van der Waals surface area (Å²) in [6, 6.07) is 0.706. The standard InChI is InChI=1S/C11H19NO/c1-2-6-11(5-1)8-12-10(11)9-4-3-7-13-9/h9-10,12H,1-8H2. The van der Waals surface area contributed by atoms with E-state index in [9.17, 15) is 0 Å². The molecular formula is C11H19NO. The van der Waals surface area contributed by atoms with Crippen LogP contribution in [0.1, 0.15) is 38.5 Å². The lowest BCUT2D eigenvalue weighted by Crippen LogP contribution is -2.65. The minimum absolute atomic E-state index is 0.548. The lowest BCUT2D eigenvalue weighted by atomic mass is 9.69. The molecule has 74 valence electrons. The molecule has 0 bridgehead atoms. The SMILES string of the molecule is C1COC(C2NCC23CCCC3)C1. The molecule has 2 saturated heterocycles. The summed E-state index contributed by atoms with van der Waals surface area (Å²) in [5, 5.41) is 3.60. The van der Waals surface area contributed by atoms with Gasteiger partial charge in [-0.05, 0) is 25.7 Å². The highest BCUT2D eigenvalue weighted by Gasteiger charge is 2.51. The summed E-state index contributed by atoms with van der Waals surface area (Å²) >= 11 is 0. The Morgan fingerprint density at radius 2 is 2.00 bits per heavy atom. The van der Waals surface area contributed by atoms with Crippen molar-refractivity contribution < 1.29 is 4.74 Å². The van der Waals surface area contributed by atoms with E-state index in [-0.39, 0.29) is 0 Å². The van der Waals surface area contributed by atoms with Crippen molar-refractivity contribution in [2.75, 3.05) is 13.2 Å². The zero-order valence-corrected chi connectivity index (χ0v) is 8.22. The minimum atomic E-state index is 0.548. The molecule has 0 amide bonds. The van der Waals surface area contributed by atoms with Gasteiger partial charge in [0.25, 0.3) is 0 Å². The third-order valence-electron chi connectivity index (χ3n) is 4.27. The summed E-state index contributed by atoms with van der Waals surface area (Å²) in [6.07, 6.45) is 8.91. The third-order valence-corrected chi connectivity index (χ3v) is 4.27. The summed E-state index contributed by atoms with van der Waals surface area (Å²) in [7, 11) is 0. The van der Waals surface area contributed by atoms with Gasteiger partial charge >= 0.3 is 0 Å². The van der Waals surface area contributed by atoms with Gasteiger partial charge in [0.1, 0.15) is 0 Å². The quantitative estimate of drug-likeness (QED) is 0.665. The van der Waals surface area contributed by atoms with Crippen LogP contribution in [0.4, 0.5) is 0 Å². The van der Waals surface area contributed by atoms with Crippen LogP contribution in [-0.4, -0.2) is 25.3 Å². The molecule has 1 spiro atoms. The van der Waals surface area contributed by atoms with E-state index in [1.807, 2.05) is 0 Å². The normalized spacial score (nSPS) is 42.5.